The Kier molecular flexibility index (Phi) is 3.80. The smallest absolute Gasteiger partial charge is 0.251 e. The van der Waals surface area contributed by atoms with Gasteiger partial charge in [0.1, 0.15) is 5.82 Å². The molecule has 3 aromatic rings. The zero-order valence-corrected chi connectivity index (χ0v) is 13.6. The molecule has 25 heavy (non-hydrogen) atoms. The minimum Gasteiger partial charge on any atom is -0.421 e. The second-order valence-corrected chi connectivity index (χ2v) is 6.11. The number of halogens is 1. The van der Waals surface area contributed by atoms with Crippen molar-refractivity contribution < 1.29 is 13.6 Å². The van der Waals surface area contributed by atoms with Gasteiger partial charge >= 0.3 is 0 Å². The second kappa shape index (κ2) is 6.12. The van der Waals surface area contributed by atoms with Crippen molar-refractivity contribution in [1.82, 2.24) is 15.5 Å². The summed E-state index contributed by atoms with van der Waals surface area (Å²) in [4.78, 5) is 12.6. The predicted octanol–water partition coefficient (Wildman–Crippen LogP) is 3.60. The van der Waals surface area contributed by atoms with Crippen LogP contribution < -0.4 is 5.32 Å². The number of fused-ring (bicyclic) bond motifs is 1. The lowest BCUT2D eigenvalue weighted by Crippen LogP contribution is -2.27. The van der Waals surface area contributed by atoms with Crippen molar-refractivity contribution in [1.29, 1.82) is 0 Å². The van der Waals surface area contributed by atoms with Gasteiger partial charge in [0.25, 0.3) is 5.91 Å². The van der Waals surface area contributed by atoms with Crippen LogP contribution in [-0.2, 0) is 6.42 Å². The lowest BCUT2D eigenvalue weighted by molar-refractivity contribution is 0.0936. The van der Waals surface area contributed by atoms with Gasteiger partial charge in [-0.1, -0.05) is 12.1 Å². The van der Waals surface area contributed by atoms with E-state index in [0.29, 0.717) is 22.9 Å². The summed E-state index contributed by atoms with van der Waals surface area (Å²) >= 11 is 0. The molecule has 1 amide bonds. The van der Waals surface area contributed by atoms with E-state index >= 15 is 0 Å². The Bertz CT molecular complexity index is 951. The van der Waals surface area contributed by atoms with Gasteiger partial charge in [0, 0.05) is 18.1 Å². The van der Waals surface area contributed by atoms with E-state index in [9.17, 15) is 9.18 Å². The van der Waals surface area contributed by atoms with E-state index in [0.717, 1.165) is 24.0 Å². The van der Waals surface area contributed by atoms with Crippen molar-refractivity contribution >= 4 is 5.91 Å². The van der Waals surface area contributed by atoms with Crippen LogP contribution in [0.5, 0.6) is 0 Å². The second-order valence-electron chi connectivity index (χ2n) is 6.11. The number of rotatable bonds is 3. The molecule has 6 heteroatoms. The van der Waals surface area contributed by atoms with E-state index in [1.807, 2.05) is 6.07 Å². The molecule has 1 unspecified atom stereocenters. The van der Waals surface area contributed by atoms with Crippen LogP contribution in [0.15, 0.2) is 46.9 Å². The number of carbonyl (C=O) groups excluding carboxylic acids is 1. The van der Waals surface area contributed by atoms with Crippen LogP contribution in [0.4, 0.5) is 4.39 Å². The molecule has 1 aliphatic rings. The molecule has 0 radical (unpaired) electrons. The van der Waals surface area contributed by atoms with Crippen LogP contribution in [0.3, 0.4) is 0 Å². The lowest BCUT2D eigenvalue weighted by atomic mass is 10.1. The molecule has 2 aromatic carbocycles. The summed E-state index contributed by atoms with van der Waals surface area (Å²) in [6.07, 6.45) is 1.61. The van der Waals surface area contributed by atoms with Crippen LogP contribution in [0, 0.1) is 12.7 Å². The van der Waals surface area contributed by atoms with Gasteiger partial charge in [-0.2, -0.15) is 0 Å². The highest BCUT2D eigenvalue weighted by Crippen LogP contribution is 2.32. The van der Waals surface area contributed by atoms with E-state index in [1.54, 1.807) is 31.2 Å². The summed E-state index contributed by atoms with van der Waals surface area (Å²) in [5.74, 6) is 0.351. The first-order chi connectivity index (χ1) is 12.1. The monoisotopic (exact) mass is 337 g/mol. The summed E-state index contributed by atoms with van der Waals surface area (Å²) < 4.78 is 18.9. The maximum Gasteiger partial charge on any atom is 0.251 e. The predicted molar refractivity (Wildman–Crippen MR) is 89.4 cm³/mol. The molecule has 1 heterocycles. The van der Waals surface area contributed by atoms with Crippen LogP contribution in [0.2, 0.25) is 0 Å². The third-order valence-corrected chi connectivity index (χ3v) is 4.39. The van der Waals surface area contributed by atoms with Crippen molar-refractivity contribution in [2.24, 2.45) is 0 Å². The Balaban J connectivity index is 1.56. The summed E-state index contributed by atoms with van der Waals surface area (Å²) in [6, 6.07) is 11.6. The molecule has 0 saturated heterocycles. The first kappa shape index (κ1) is 15.5. The van der Waals surface area contributed by atoms with Gasteiger partial charge in [0.05, 0.1) is 6.04 Å². The number of nitrogens with one attached hydrogen (secondary N) is 1. The Hall–Kier alpha value is -3.02. The third-order valence-electron chi connectivity index (χ3n) is 4.39. The first-order valence-corrected chi connectivity index (χ1v) is 8.10. The average molecular weight is 337 g/mol. The maximum atomic E-state index is 13.5. The molecule has 0 fully saturated rings. The van der Waals surface area contributed by atoms with E-state index in [-0.39, 0.29) is 17.8 Å². The topological polar surface area (TPSA) is 68.0 Å². The normalized spacial score (nSPS) is 15.8. The van der Waals surface area contributed by atoms with Crippen molar-refractivity contribution in [3.05, 3.63) is 70.9 Å². The van der Waals surface area contributed by atoms with Crippen molar-refractivity contribution in [2.75, 3.05) is 0 Å². The van der Waals surface area contributed by atoms with Gasteiger partial charge in [-0.3, -0.25) is 4.79 Å². The molecule has 4 rings (SSSR count). The van der Waals surface area contributed by atoms with Crippen LogP contribution in [0.25, 0.3) is 11.5 Å². The Morgan fingerprint density at radius 3 is 2.92 bits per heavy atom. The summed E-state index contributed by atoms with van der Waals surface area (Å²) in [5, 5.41) is 10.8. The van der Waals surface area contributed by atoms with E-state index in [4.69, 9.17) is 4.42 Å². The molecular weight excluding hydrogens is 321 g/mol. The highest BCUT2D eigenvalue weighted by Gasteiger charge is 2.25. The van der Waals surface area contributed by atoms with Crippen LogP contribution in [-0.4, -0.2) is 16.1 Å². The van der Waals surface area contributed by atoms with Gasteiger partial charge in [-0.15, -0.1) is 10.2 Å². The standard InChI is InChI=1S/C19H16FN3O2/c1-11-22-23-19(25-11)14-4-2-3-13(9-14)18(24)21-17-8-6-12-5-7-15(20)10-16(12)17/h2-5,7,9-10,17H,6,8H2,1H3,(H,21,24). The molecule has 1 atom stereocenters. The quantitative estimate of drug-likeness (QED) is 0.793. The summed E-state index contributed by atoms with van der Waals surface area (Å²) in [6.45, 7) is 1.71. The molecular formula is C19H16FN3O2. The molecule has 0 aliphatic heterocycles. The van der Waals surface area contributed by atoms with Crippen molar-refractivity contribution in [2.45, 2.75) is 25.8 Å². The molecule has 1 aromatic heterocycles. The molecule has 0 saturated carbocycles. The Labute approximate surface area is 143 Å². The van der Waals surface area contributed by atoms with Crippen LogP contribution in [0.1, 0.15) is 39.8 Å². The number of carbonyl (C=O) groups is 1. The molecule has 0 bridgehead atoms. The average Bonchev–Trinajstić information content (AvgIpc) is 3.21. The number of benzene rings is 2. The first-order valence-electron chi connectivity index (χ1n) is 8.10. The van der Waals surface area contributed by atoms with Gasteiger partial charge in [0.15, 0.2) is 0 Å². The molecule has 126 valence electrons. The number of hydrogen-bond donors (Lipinski definition) is 1. The summed E-state index contributed by atoms with van der Waals surface area (Å²) in [7, 11) is 0. The minimum absolute atomic E-state index is 0.174. The SMILES string of the molecule is Cc1nnc(-c2cccc(C(=O)NC3CCc4ccc(F)cc43)c2)o1. The summed E-state index contributed by atoms with van der Waals surface area (Å²) in [5.41, 5.74) is 3.13. The number of nitrogens with zero attached hydrogens (tertiary/aromatic N) is 2. The van der Waals surface area contributed by atoms with E-state index in [1.165, 1.54) is 12.1 Å². The fraction of sp³-hybridized carbons (Fsp3) is 0.211. The molecule has 1 N–H and O–H groups in total. The van der Waals surface area contributed by atoms with E-state index in [2.05, 4.69) is 15.5 Å². The molecule has 1 aliphatic carbocycles. The van der Waals surface area contributed by atoms with Gasteiger partial charge in [0.2, 0.25) is 11.8 Å². The van der Waals surface area contributed by atoms with Gasteiger partial charge < -0.3 is 9.73 Å². The minimum atomic E-state index is -0.284. The highest BCUT2D eigenvalue weighted by atomic mass is 19.1. The molecule has 0 spiro atoms. The van der Waals surface area contributed by atoms with Gasteiger partial charge in [-0.25, -0.2) is 4.39 Å². The van der Waals surface area contributed by atoms with Crippen molar-refractivity contribution in [3.8, 4) is 11.5 Å². The van der Waals surface area contributed by atoms with Crippen molar-refractivity contribution in [3.63, 3.8) is 0 Å². The van der Waals surface area contributed by atoms with Gasteiger partial charge in [-0.05, 0) is 54.3 Å². The Morgan fingerprint density at radius 2 is 2.12 bits per heavy atom. The fourth-order valence-electron chi connectivity index (χ4n) is 3.17. The zero-order valence-electron chi connectivity index (χ0n) is 13.6. The molecule has 5 nitrogen and oxygen atoms in total. The third kappa shape index (κ3) is 3.03. The highest BCUT2D eigenvalue weighted by molar-refractivity contribution is 5.95. The van der Waals surface area contributed by atoms with Crippen LogP contribution >= 0.6 is 0 Å². The number of aromatic nitrogens is 2. The number of hydrogen-bond acceptors (Lipinski definition) is 4. The fourth-order valence-corrected chi connectivity index (χ4v) is 3.17. The number of amides is 1. The Morgan fingerprint density at radius 1 is 1.24 bits per heavy atom. The largest absolute Gasteiger partial charge is 0.421 e. The zero-order chi connectivity index (χ0) is 17.4. The number of aryl methyl sites for hydroxylation is 2. The lowest BCUT2D eigenvalue weighted by Gasteiger charge is -2.14. The maximum absolute atomic E-state index is 13.5. The van der Waals surface area contributed by atoms with E-state index < -0.39 is 0 Å².